The van der Waals surface area contributed by atoms with Gasteiger partial charge in [0.05, 0.1) is 0 Å². The molecule has 1 aliphatic carbocycles. The topological polar surface area (TPSA) is 64.3 Å². The van der Waals surface area contributed by atoms with Gasteiger partial charge in [0.15, 0.2) is 5.78 Å². The summed E-state index contributed by atoms with van der Waals surface area (Å²) in [6.07, 6.45) is 3.60. The van der Waals surface area contributed by atoms with Crippen LogP contribution in [0.3, 0.4) is 0 Å². The molecule has 4 nitrogen and oxygen atoms in total. The predicted octanol–water partition coefficient (Wildman–Crippen LogP) is 2.70. The molecule has 3 N–H and O–H groups in total. The van der Waals surface area contributed by atoms with Crippen molar-refractivity contribution in [3.05, 3.63) is 23.8 Å². The second-order valence-electron chi connectivity index (χ2n) is 5.45. The van der Waals surface area contributed by atoms with E-state index in [9.17, 15) is 4.79 Å². The molecule has 19 heavy (non-hydrogen) atoms. The Kier molecular flexibility index (Phi) is 4.10. The second-order valence-corrected chi connectivity index (χ2v) is 5.45. The Morgan fingerprint density at radius 3 is 2.74 bits per heavy atom. The minimum atomic E-state index is 0.00260. The van der Waals surface area contributed by atoms with Crippen LogP contribution in [-0.2, 0) is 4.74 Å². The van der Waals surface area contributed by atoms with Crippen molar-refractivity contribution in [2.75, 3.05) is 31.3 Å². The van der Waals surface area contributed by atoms with Crippen LogP contribution in [0.15, 0.2) is 18.2 Å². The first kappa shape index (κ1) is 13.9. The van der Waals surface area contributed by atoms with Crippen LogP contribution in [0.4, 0.5) is 11.4 Å². The highest BCUT2D eigenvalue weighted by Gasteiger charge is 2.41. The average molecular weight is 262 g/mol. The number of carbonyl (C=O) groups excluding carboxylic acids is 1. The van der Waals surface area contributed by atoms with E-state index in [2.05, 4.69) is 5.32 Å². The van der Waals surface area contributed by atoms with Gasteiger partial charge in [-0.25, -0.2) is 0 Å². The summed E-state index contributed by atoms with van der Waals surface area (Å²) in [4.78, 5) is 11.3. The van der Waals surface area contributed by atoms with Crippen molar-refractivity contribution in [3.8, 4) is 0 Å². The van der Waals surface area contributed by atoms with Crippen molar-refractivity contribution in [1.29, 1.82) is 0 Å². The standard InChI is InChI=1S/C15H22N2O2/c1-11(18)13-4-3-12(9-14(13)16)17-10-15(5-6-15)7-8-19-2/h3-4,9,17H,5-8,10,16H2,1-2H3. The number of rotatable bonds is 7. The number of benzene rings is 1. The molecule has 0 amide bonds. The maximum Gasteiger partial charge on any atom is 0.161 e. The number of anilines is 2. The Morgan fingerprint density at radius 2 is 2.21 bits per heavy atom. The zero-order chi connectivity index (χ0) is 13.9. The van der Waals surface area contributed by atoms with E-state index in [4.69, 9.17) is 10.5 Å². The minimum absolute atomic E-state index is 0.00260. The fourth-order valence-corrected chi connectivity index (χ4v) is 2.29. The molecule has 1 fully saturated rings. The lowest BCUT2D eigenvalue weighted by molar-refractivity contribution is 0.101. The van der Waals surface area contributed by atoms with E-state index in [1.807, 2.05) is 12.1 Å². The average Bonchev–Trinajstić information content (AvgIpc) is 3.14. The second kappa shape index (κ2) is 5.61. The van der Waals surface area contributed by atoms with Gasteiger partial charge in [-0.1, -0.05) is 0 Å². The highest BCUT2D eigenvalue weighted by atomic mass is 16.5. The number of ketones is 1. The fraction of sp³-hybridized carbons (Fsp3) is 0.533. The van der Waals surface area contributed by atoms with Gasteiger partial charge >= 0.3 is 0 Å². The molecule has 0 unspecified atom stereocenters. The zero-order valence-electron chi connectivity index (χ0n) is 11.7. The third-order valence-electron chi connectivity index (χ3n) is 3.89. The van der Waals surface area contributed by atoms with Gasteiger partial charge < -0.3 is 15.8 Å². The molecule has 2 rings (SSSR count). The van der Waals surface area contributed by atoms with Gasteiger partial charge in [-0.05, 0) is 49.8 Å². The van der Waals surface area contributed by atoms with Crippen LogP contribution < -0.4 is 11.1 Å². The predicted molar refractivity (Wildman–Crippen MR) is 77.5 cm³/mol. The highest BCUT2D eigenvalue weighted by Crippen LogP contribution is 2.48. The third kappa shape index (κ3) is 3.47. The summed E-state index contributed by atoms with van der Waals surface area (Å²) in [6.45, 7) is 3.28. The molecule has 0 radical (unpaired) electrons. The van der Waals surface area contributed by atoms with Crippen LogP contribution in [0, 0.1) is 5.41 Å². The first-order valence-electron chi connectivity index (χ1n) is 6.70. The smallest absolute Gasteiger partial charge is 0.161 e. The molecule has 1 saturated carbocycles. The molecule has 104 valence electrons. The van der Waals surface area contributed by atoms with Crippen molar-refractivity contribution in [1.82, 2.24) is 0 Å². The summed E-state index contributed by atoms with van der Waals surface area (Å²) in [6, 6.07) is 5.54. The molecule has 0 bridgehead atoms. The largest absolute Gasteiger partial charge is 0.398 e. The molecular formula is C15H22N2O2. The van der Waals surface area contributed by atoms with Crippen molar-refractivity contribution in [3.63, 3.8) is 0 Å². The summed E-state index contributed by atoms with van der Waals surface area (Å²) in [7, 11) is 1.74. The lowest BCUT2D eigenvalue weighted by Gasteiger charge is -2.17. The van der Waals surface area contributed by atoms with Gasteiger partial charge in [0.25, 0.3) is 0 Å². The van der Waals surface area contributed by atoms with Crippen LogP contribution in [0.5, 0.6) is 0 Å². The first-order chi connectivity index (χ1) is 9.06. The monoisotopic (exact) mass is 262 g/mol. The summed E-state index contributed by atoms with van der Waals surface area (Å²) >= 11 is 0. The Bertz CT molecular complexity index is 467. The van der Waals surface area contributed by atoms with Crippen molar-refractivity contribution >= 4 is 17.2 Å². The van der Waals surface area contributed by atoms with Crippen molar-refractivity contribution in [2.24, 2.45) is 5.41 Å². The van der Waals surface area contributed by atoms with Gasteiger partial charge in [0.1, 0.15) is 0 Å². The Morgan fingerprint density at radius 1 is 1.47 bits per heavy atom. The summed E-state index contributed by atoms with van der Waals surface area (Å²) in [5, 5.41) is 3.42. The third-order valence-corrected chi connectivity index (χ3v) is 3.89. The number of nitrogens with one attached hydrogen (secondary N) is 1. The highest BCUT2D eigenvalue weighted by molar-refractivity contribution is 5.99. The van der Waals surface area contributed by atoms with Crippen molar-refractivity contribution in [2.45, 2.75) is 26.2 Å². The van der Waals surface area contributed by atoms with Crippen molar-refractivity contribution < 1.29 is 9.53 Å². The minimum Gasteiger partial charge on any atom is -0.398 e. The number of hydrogen-bond donors (Lipinski definition) is 2. The van der Waals surface area contributed by atoms with E-state index < -0.39 is 0 Å². The van der Waals surface area contributed by atoms with E-state index in [0.29, 0.717) is 16.7 Å². The van der Waals surface area contributed by atoms with Gasteiger partial charge in [0.2, 0.25) is 0 Å². The fourth-order valence-electron chi connectivity index (χ4n) is 2.29. The van der Waals surface area contributed by atoms with Gasteiger partial charge in [-0.3, -0.25) is 4.79 Å². The molecule has 0 atom stereocenters. The molecular weight excluding hydrogens is 240 g/mol. The summed E-state index contributed by atoms with van der Waals surface area (Å²) < 4.78 is 5.15. The van der Waals surface area contributed by atoms with Crippen LogP contribution in [-0.4, -0.2) is 26.0 Å². The number of Topliss-reactive ketones (excluding diaryl/α,β-unsaturated/α-hetero) is 1. The lowest BCUT2D eigenvalue weighted by atomic mass is 10.0. The molecule has 0 aromatic heterocycles. The lowest BCUT2D eigenvalue weighted by Crippen LogP contribution is -2.17. The Hall–Kier alpha value is -1.55. The van der Waals surface area contributed by atoms with Crippen LogP contribution >= 0.6 is 0 Å². The number of nitrogens with two attached hydrogens (primary N) is 1. The van der Waals surface area contributed by atoms with E-state index in [0.717, 1.165) is 25.3 Å². The summed E-state index contributed by atoms with van der Waals surface area (Å²) in [5.74, 6) is 0.00260. The Labute approximate surface area is 114 Å². The van der Waals surface area contributed by atoms with Crippen LogP contribution in [0.2, 0.25) is 0 Å². The van der Waals surface area contributed by atoms with E-state index >= 15 is 0 Å². The molecule has 4 heteroatoms. The maximum atomic E-state index is 11.3. The molecule has 0 saturated heterocycles. The Balaban J connectivity index is 1.93. The number of methoxy groups -OCH3 is 1. The van der Waals surface area contributed by atoms with E-state index in [1.165, 1.54) is 19.8 Å². The molecule has 1 aliphatic rings. The number of carbonyl (C=O) groups is 1. The maximum absolute atomic E-state index is 11.3. The SMILES string of the molecule is COCCC1(CNc2ccc(C(C)=O)c(N)c2)CC1. The number of nitrogen functional groups attached to an aromatic ring is 1. The molecule has 0 heterocycles. The molecule has 0 aliphatic heterocycles. The quantitative estimate of drug-likeness (QED) is 0.586. The van der Waals surface area contributed by atoms with Crippen LogP contribution in [0.25, 0.3) is 0 Å². The van der Waals surface area contributed by atoms with Gasteiger partial charge in [0, 0.05) is 37.2 Å². The molecule has 1 aromatic carbocycles. The summed E-state index contributed by atoms with van der Waals surface area (Å²) in [5.41, 5.74) is 8.38. The normalized spacial score (nSPS) is 16.1. The van der Waals surface area contributed by atoms with E-state index in [1.54, 1.807) is 13.2 Å². The van der Waals surface area contributed by atoms with Crippen LogP contribution in [0.1, 0.15) is 36.5 Å². The first-order valence-corrected chi connectivity index (χ1v) is 6.70. The molecule has 1 aromatic rings. The van der Waals surface area contributed by atoms with E-state index in [-0.39, 0.29) is 5.78 Å². The van der Waals surface area contributed by atoms with Gasteiger partial charge in [-0.2, -0.15) is 0 Å². The number of hydrogen-bond acceptors (Lipinski definition) is 4. The van der Waals surface area contributed by atoms with Gasteiger partial charge in [-0.15, -0.1) is 0 Å². The number of ether oxygens (including phenoxy) is 1. The molecule has 0 spiro atoms. The zero-order valence-corrected chi connectivity index (χ0v) is 11.7.